The summed E-state index contributed by atoms with van der Waals surface area (Å²) in [5, 5.41) is 15.0. The van der Waals surface area contributed by atoms with Crippen LogP contribution in [-0.4, -0.2) is 0 Å². The van der Waals surface area contributed by atoms with Crippen molar-refractivity contribution in [3.8, 4) is 11.1 Å². The first kappa shape index (κ1) is 19.6. The Kier molecular flexibility index (Phi) is 4.03. The van der Waals surface area contributed by atoms with Crippen LogP contribution in [0.1, 0.15) is 0 Å². The van der Waals surface area contributed by atoms with E-state index in [1.165, 1.54) is 64.6 Å². The van der Waals surface area contributed by atoms with Gasteiger partial charge in [0.15, 0.2) is 0 Å². The average Bonchev–Trinajstić information content (AvgIpc) is 2.97. The maximum Gasteiger partial charge on any atom is -0.000740 e. The smallest absolute Gasteiger partial charge is 0.000740 e. The van der Waals surface area contributed by atoms with E-state index in [0.717, 1.165) is 11.1 Å². The summed E-state index contributed by atoms with van der Waals surface area (Å²) in [5.41, 5.74) is 2.14. The molecule has 0 N–H and O–H groups in total. The van der Waals surface area contributed by atoms with Crippen LogP contribution in [0.4, 0.5) is 0 Å². The van der Waals surface area contributed by atoms with Gasteiger partial charge in [0.05, 0.1) is 0 Å². The van der Waals surface area contributed by atoms with E-state index < -0.39 is 0 Å². The van der Waals surface area contributed by atoms with Gasteiger partial charge in [0.2, 0.25) is 0 Å². The molecule has 164 valence electrons. The normalized spacial score (nSPS) is 11.9. The Morgan fingerprint density at radius 3 is 0.833 bits per heavy atom. The highest BCUT2D eigenvalue weighted by atomic mass is 14.2. The Balaban J connectivity index is 1.45. The second-order valence-electron chi connectivity index (χ2n) is 9.50. The predicted molar refractivity (Wildman–Crippen MR) is 155 cm³/mol. The van der Waals surface area contributed by atoms with E-state index in [4.69, 9.17) is 0 Å². The van der Waals surface area contributed by atoms with Crippen LogP contribution >= 0.6 is 0 Å². The number of rotatable bonds is 1. The van der Waals surface area contributed by atoms with Crippen LogP contribution in [-0.2, 0) is 0 Å². The Hall–Kier alpha value is -4.68. The molecule has 8 aromatic rings. The largest absolute Gasteiger partial charge is 0.0616 e. The summed E-state index contributed by atoms with van der Waals surface area (Å²) >= 11 is 0. The van der Waals surface area contributed by atoms with E-state index in [1.807, 2.05) is 0 Å². The second-order valence-corrected chi connectivity index (χ2v) is 9.50. The van der Waals surface area contributed by atoms with Crippen molar-refractivity contribution >= 4 is 64.6 Å². The highest BCUT2D eigenvalue weighted by molar-refractivity contribution is 6.27. The zero-order chi connectivity index (χ0) is 23.6. The monoisotopic (exact) mass is 452 g/mol. The van der Waals surface area contributed by atoms with Crippen molar-refractivity contribution in [2.75, 3.05) is 0 Å². The summed E-state index contributed by atoms with van der Waals surface area (Å²) < 4.78 is 0. The van der Waals surface area contributed by atoms with Crippen molar-refractivity contribution in [3.05, 3.63) is 133 Å². The predicted octanol–water partition coefficient (Wildman–Crippen LogP) is 9.87. The van der Waals surface area contributed by atoms with Gasteiger partial charge in [0.1, 0.15) is 0 Å². The van der Waals surface area contributed by atoms with Gasteiger partial charge in [-0.25, -0.2) is 0 Å². The zero-order valence-electron chi connectivity index (χ0n) is 19.5. The molecule has 0 aromatic heterocycles. The van der Waals surface area contributed by atoms with Crippen LogP contribution in [0.5, 0.6) is 0 Å². The molecule has 0 nitrogen and oxygen atoms in total. The van der Waals surface area contributed by atoms with Crippen LogP contribution < -0.4 is 0 Å². The van der Waals surface area contributed by atoms with Crippen LogP contribution in [0.3, 0.4) is 0 Å². The highest BCUT2D eigenvalue weighted by Gasteiger charge is 2.12. The third-order valence-electron chi connectivity index (χ3n) is 7.59. The molecular formula is C36H20. The minimum Gasteiger partial charge on any atom is -0.0616 e. The Labute approximate surface area is 209 Å². The molecule has 0 saturated carbocycles. The van der Waals surface area contributed by atoms with E-state index in [0.29, 0.717) is 0 Å². The molecule has 0 fully saturated rings. The molecule has 0 heterocycles. The topological polar surface area (TPSA) is 0 Å². The van der Waals surface area contributed by atoms with Crippen LogP contribution in [0.15, 0.2) is 121 Å². The third kappa shape index (κ3) is 2.70. The third-order valence-corrected chi connectivity index (χ3v) is 7.59. The molecule has 0 saturated heterocycles. The lowest BCUT2D eigenvalue weighted by Gasteiger charge is -2.13. The number of hydrogen-bond acceptors (Lipinski definition) is 0. The van der Waals surface area contributed by atoms with Gasteiger partial charge in [0.25, 0.3) is 0 Å². The lowest BCUT2D eigenvalue weighted by molar-refractivity contribution is 1.68. The first-order chi connectivity index (χ1) is 17.9. The van der Waals surface area contributed by atoms with Crippen molar-refractivity contribution in [1.82, 2.24) is 0 Å². The molecule has 8 rings (SSSR count). The van der Waals surface area contributed by atoms with Gasteiger partial charge < -0.3 is 0 Å². The van der Waals surface area contributed by atoms with Gasteiger partial charge in [-0.1, -0.05) is 121 Å². The SMILES string of the molecule is [c]1c(-c2[c]c3c4ccccc4c4ccccc4c3cc2)ccc2c1c1ccccc1c1ccccc21. The molecule has 0 aliphatic carbocycles. The molecule has 0 aliphatic heterocycles. The fourth-order valence-electron chi connectivity index (χ4n) is 5.95. The lowest BCUT2D eigenvalue weighted by Crippen LogP contribution is -1.87. The van der Waals surface area contributed by atoms with Crippen molar-refractivity contribution in [3.63, 3.8) is 0 Å². The average molecular weight is 453 g/mol. The molecule has 8 aromatic carbocycles. The maximum atomic E-state index is 3.80. The zero-order valence-corrected chi connectivity index (χ0v) is 19.5. The van der Waals surface area contributed by atoms with Gasteiger partial charge in [-0.3, -0.25) is 0 Å². The van der Waals surface area contributed by atoms with E-state index >= 15 is 0 Å². The van der Waals surface area contributed by atoms with E-state index in [9.17, 15) is 0 Å². The summed E-state index contributed by atoms with van der Waals surface area (Å²) in [6.45, 7) is 0. The minimum absolute atomic E-state index is 1.07. The number of hydrogen-bond donors (Lipinski definition) is 0. The molecular weight excluding hydrogens is 432 g/mol. The van der Waals surface area contributed by atoms with Gasteiger partial charge in [-0.05, 0) is 87.9 Å². The van der Waals surface area contributed by atoms with Crippen molar-refractivity contribution in [2.24, 2.45) is 0 Å². The first-order valence-corrected chi connectivity index (χ1v) is 12.4. The van der Waals surface area contributed by atoms with Crippen LogP contribution in [0, 0.1) is 12.1 Å². The fraction of sp³-hybridized carbons (Fsp3) is 0. The van der Waals surface area contributed by atoms with Crippen LogP contribution in [0.2, 0.25) is 0 Å². The summed E-state index contributed by atoms with van der Waals surface area (Å²) in [6, 6.07) is 51.2. The van der Waals surface area contributed by atoms with E-state index in [-0.39, 0.29) is 0 Å². The molecule has 36 heavy (non-hydrogen) atoms. The number of fused-ring (bicyclic) bond motifs is 12. The standard InChI is InChI=1S/C36H20/c1-3-13-29-25(9-1)27-11-5-7-15-31(27)35-21-23(17-19-33(29)35)24-18-20-34-30-14-4-2-10-26(30)28-12-6-8-16-32(28)36(34)22-24/h1-20H. The molecule has 0 aliphatic rings. The van der Waals surface area contributed by atoms with E-state index in [1.54, 1.807) is 0 Å². The molecule has 0 unspecified atom stereocenters. The fourth-order valence-corrected chi connectivity index (χ4v) is 5.95. The first-order valence-electron chi connectivity index (χ1n) is 12.4. The lowest BCUT2D eigenvalue weighted by atomic mass is 9.90. The summed E-state index contributed by atoms with van der Waals surface area (Å²) in [4.78, 5) is 0. The molecule has 2 radical (unpaired) electrons. The van der Waals surface area contributed by atoms with E-state index in [2.05, 4.69) is 133 Å². The summed E-state index contributed by atoms with van der Waals surface area (Å²) in [7, 11) is 0. The molecule has 0 bridgehead atoms. The Bertz CT molecular complexity index is 1920. The highest BCUT2D eigenvalue weighted by Crippen LogP contribution is 2.39. The molecule has 0 spiro atoms. The van der Waals surface area contributed by atoms with Gasteiger partial charge >= 0.3 is 0 Å². The molecule has 0 heteroatoms. The van der Waals surface area contributed by atoms with Gasteiger partial charge in [0, 0.05) is 0 Å². The Morgan fingerprint density at radius 1 is 0.250 bits per heavy atom. The summed E-state index contributed by atoms with van der Waals surface area (Å²) in [5.74, 6) is 0. The van der Waals surface area contributed by atoms with Crippen molar-refractivity contribution in [1.29, 1.82) is 0 Å². The second kappa shape index (κ2) is 7.41. The molecule has 0 atom stereocenters. The number of benzene rings is 8. The van der Waals surface area contributed by atoms with Crippen molar-refractivity contribution in [2.45, 2.75) is 0 Å². The Morgan fingerprint density at radius 2 is 0.500 bits per heavy atom. The molecule has 0 amide bonds. The quantitative estimate of drug-likeness (QED) is 0.217. The van der Waals surface area contributed by atoms with Gasteiger partial charge in [-0.2, -0.15) is 0 Å². The maximum absolute atomic E-state index is 3.80. The summed E-state index contributed by atoms with van der Waals surface area (Å²) in [6.07, 6.45) is 0. The van der Waals surface area contributed by atoms with Crippen LogP contribution in [0.25, 0.3) is 75.8 Å². The van der Waals surface area contributed by atoms with Crippen molar-refractivity contribution < 1.29 is 0 Å². The van der Waals surface area contributed by atoms with Gasteiger partial charge in [-0.15, -0.1) is 0 Å². The minimum atomic E-state index is 1.07.